The van der Waals surface area contributed by atoms with Crippen molar-refractivity contribution >= 4 is 17.8 Å². The number of nitrogens with zero attached hydrogens (tertiary/aromatic N) is 1. The fourth-order valence-corrected chi connectivity index (χ4v) is 3.60. The Morgan fingerprint density at radius 1 is 1.20 bits per heavy atom. The molecule has 25 heavy (non-hydrogen) atoms. The van der Waals surface area contributed by atoms with E-state index in [1.165, 1.54) is 11.3 Å². The van der Waals surface area contributed by atoms with Gasteiger partial charge in [0.25, 0.3) is 5.91 Å². The molecule has 2 fully saturated rings. The molecule has 3 rings (SSSR count). The zero-order valence-electron chi connectivity index (χ0n) is 14.7. The van der Waals surface area contributed by atoms with Gasteiger partial charge in [0, 0.05) is 11.6 Å². The fourth-order valence-electron chi connectivity index (χ4n) is 3.60. The molecule has 134 valence electrons. The molecule has 0 bridgehead atoms. The third-order valence-corrected chi connectivity index (χ3v) is 5.52. The van der Waals surface area contributed by atoms with Crippen molar-refractivity contribution in [2.24, 2.45) is 11.8 Å². The lowest BCUT2D eigenvalue weighted by atomic mass is 9.78. The Balaban J connectivity index is 1.61. The molecule has 6 nitrogen and oxygen atoms in total. The third kappa shape index (κ3) is 3.83. The summed E-state index contributed by atoms with van der Waals surface area (Å²) in [7, 11) is 0. The number of nitrogens with one attached hydrogen (secondary N) is 2. The maximum absolute atomic E-state index is 12.5. The number of urea groups is 1. The van der Waals surface area contributed by atoms with E-state index in [0.717, 1.165) is 18.4 Å². The third-order valence-electron chi connectivity index (χ3n) is 5.52. The normalized spacial score (nSPS) is 26.5. The van der Waals surface area contributed by atoms with Crippen molar-refractivity contribution in [1.29, 1.82) is 0 Å². The van der Waals surface area contributed by atoms with E-state index >= 15 is 0 Å². The molecule has 6 heteroatoms. The molecule has 1 heterocycles. The first-order valence-corrected chi connectivity index (χ1v) is 8.93. The summed E-state index contributed by atoms with van der Waals surface area (Å²) in [5, 5.41) is 5.65. The smallest absolute Gasteiger partial charge is 0.324 e. The van der Waals surface area contributed by atoms with Gasteiger partial charge in [0.15, 0.2) is 0 Å². The second-order valence-corrected chi connectivity index (χ2v) is 7.18. The summed E-state index contributed by atoms with van der Waals surface area (Å²) in [6.07, 6.45) is 3.41. The molecule has 3 unspecified atom stereocenters. The van der Waals surface area contributed by atoms with E-state index in [9.17, 15) is 14.4 Å². The number of amides is 4. The molecule has 0 aromatic heterocycles. The second-order valence-electron chi connectivity index (χ2n) is 7.18. The van der Waals surface area contributed by atoms with Crippen LogP contribution in [0, 0.1) is 11.8 Å². The predicted octanol–water partition coefficient (Wildman–Crippen LogP) is 2.29. The maximum atomic E-state index is 12.5. The topological polar surface area (TPSA) is 78.5 Å². The Bertz CT molecular complexity index is 655. The Morgan fingerprint density at radius 2 is 1.92 bits per heavy atom. The lowest BCUT2D eigenvalue weighted by molar-refractivity contribution is -0.125. The minimum Gasteiger partial charge on any atom is -0.349 e. The molecule has 1 aliphatic heterocycles. The summed E-state index contributed by atoms with van der Waals surface area (Å²) in [6.45, 7) is 4.73. The number of rotatable bonds is 4. The monoisotopic (exact) mass is 343 g/mol. The molecule has 1 saturated heterocycles. The second kappa shape index (κ2) is 7.25. The lowest BCUT2D eigenvalue weighted by Gasteiger charge is -2.34. The molecule has 0 radical (unpaired) electrons. The van der Waals surface area contributed by atoms with Crippen molar-refractivity contribution in [3.05, 3.63) is 35.4 Å². The largest absolute Gasteiger partial charge is 0.349 e. The van der Waals surface area contributed by atoms with E-state index in [2.05, 4.69) is 24.5 Å². The highest BCUT2D eigenvalue weighted by molar-refractivity contribution is 6.01. The Hall–Kier alpha value is -2.37. The minimum absolute atomic E-state index is 0.0529. The van der Waals surface area contributed by atoms with Crippen LogP contribution in [0.5, 0.6) is 0 Å². The quantitative estimate of drug-likeness (QED) is 0.824. The van der Waals surface area contributed by atoms with Crippen LogP contribution in [0.4, 0.5) is 4.79 Å². The van der Waals surface area contributed by atoms with E-state index in [4.69, 9.17) is 0 Å². The lowest BCUT2D eigenvalue weighted by Crippen LogP contribution is -2.43. The first-order valence-electron chi connectivity index (χ1n) is 8.93. The summed E-state index contributed by atoms with van der Waals surface area (Å²) in [4.78, 5) is 36.9. The van der Waals surface area contributed by atoms with Crippen LogP contribution in [0.2, 0.25) is 0 Å². The van der Waals surface area contributed by atoms with Gasteiger partial charge in [-0.1, -0.05) is 38.8 Å². The van der Waals surface area contributed by atoms with E-state index in [1.807, 2.05) is 0 Å². The highest BCUT2D eigenvalue weighted by Gasteiger charge is 2.29. The van der Waals surface area contributed by atoms with Crippen LogP contribution in [0.3, 0.4) is 0 Å². The summed E-state index contributed by atoms with van der Waals surface area (Å²) >= 11 is 0. The molecule has 1 aromatic rings. The number of carbonyl (C=O) groups excluding carboxylic acids is 3. The van der Waals surface area contributed by atoms with Gasteiger partial charge in [-0.2, -0.15) is 0 Å². The van der Waals surface area contributed by atoms with Gasteiger partial charge in [-0.3, -0.25) is 14.5 Å². The number of imide groups is 1. The van der Waals surface area contributed by atoms with E-state index < -0.39 is 0 Å². The van der Waals surface area contributed by atoms with Gasteiger partial charge in [-0.25, -0.2) is 4.79 Å². The van der Waals surface area contributed by atoms with E-state index in [1.54, 1.807) is 24.3 Å². The average molecular weight is 343 g/mol. The summed E-state index contributed by atoms with van der Waals surface area (Å²) < 4.78 is 0. The SMILES string of the molecule is CC1CCCC(NC(=O)c2ccc(CN3C(=O)CNC3=O)cc2)C1C. The molecular formula is C19H25N3O3. The zero-order valence-corrected chi connectivity index (χ0v) is 14.7. The molecule has 3 atom stereocenters. The van der Waals surface area contributed by atoms with Crippen LogP contribution in [0.1, 0.15) is 49.0 Å². The Morgan fingerprint density at radius 3 is 2.56 bits per heavy atom. The standard InChI is InChI=1S/C19H25N3O3/c1-12-4-3-5-16(13(12)2)21-18(24)15-8-6-14(7-9-15)11-22-17(23)10-20-19(22)25/h6-9,12-13,16H,3-5,10-11H2,1-2H3,(H,20,25)(H,21,24). The minimum atomic E-state index is -0.368. The summed E-state index contributed by atoms with van der Waals surface area (Å²) in [5.41, 5.74) is 1.42. The van der Waals surface area contributed by atoms with Crippen LogP contribution >= 0.6 is 0 Å². The van der Waals surface area contributed by atoms with Crippen molar-refractivity contribution in [3.8, 4) is 0 Å². The molecular weight excluding hydrogens is 318 g/mol. The van der Waals surface area contributed by atoms with Crippen LogP contribution in [-0.2, 0) is 11.3 Å². The Kier molecular flexibility index (Phi) is 5.06. The van der Waals surface area contributed by atoms with Crippen LogP contribution in [0.15, 0.2) is 24.3 Å². The van der Waals surface area contributed by atoms with Crippen molar-refractivity contribution in [1.82, 2.24) is 15.5 Å². The maximum Gasteiger partial charge on any atom is 0.324 e. The highest BCUT2D eigenvalue weighted by Crippen LogP contribution is 2.29. The number of benzene rings is 1. The summed E-state index contributed by atoms with van der Waals surface area (Å²) in [5.74, 6) is 0.821. The number of carbonyl (C=O) groups is 3. The van der Waals surface area contributed by atoms with Crippen molar-refractivity contribution in [3.63, 3.8) is 0 Å². The average Bonchev–Trinajstić information content (AvgIpc) is 2.91. The number of hydrogen-bond acceptors (Lipinski definition) is 3. The molecule has 4 amide bonds. The van der Waals surface area contributed by atoms with Gasteiger partial charge < -0.3 is 10.6 Å². The summed E-state index contributed by atoms with van der Waals surface area (Å²) in [6, 6.07) is 6.94. The molecule has 1 aromatic carbocycles. The van der Waals surface area contributed by atoms with E-state index in [0.29, 0.717) is 17.4 Å². The van der Waals surface area contributed by atoms with Crippen molar-refractivity contribution in [2.45, 2.75) is 45.7 Å². The molecule has 0 spiro atoms. The van der Waals surface area contributed by atoms with Gasteiger partial charge in [-0.05, 0) is 36.0 Å². The first kappa shape index (κ1) is 17.5. The highest BCUT2D eigenvalue weighted by atomic mass is 16.2. The molecule has 2 aliphatic rings. The molecule has 1 saturated carbocycles. The predicted molar refractivity (Wildman–Crippen MR) is 93.8 cm³/mol. The van der Waals surface area contributed by atoms with Crippen LogP contribution in [-0.4, -0.2) is 35.3 Å². The molecule has 1 aliphatic carbocycles. The van der Waals surface area contributed by atoms with Gasteiger partial charge in [0.05, 0.1) is 13.1 Å². The Labute approximate surface area is 148 Å². The van der Waals surface area contributed by atoms with Crippen molar-refractivity contribution < 1.29 is 14.4 Å². The van der Waals surface area contributed by atoms with Gasteiger partial charge >= 0.3 is 6.03 Å². The van der Waals surface area contributed by atoms with Crippen LogP contribution < -0.4 is 10.6 Å². The number of hydrogen-bond donors (Lipinski definition) is 2. The van der Waals surface area contributed by atoms with Gasteiger partial charge in [-0.15, -0.1) is 0 Å². The van der Waals surface area contributed by atoms with E-state index in [-0.39, 0.29) is 37.0 Å². The first-order chi connectivity index (χ1) is 12.0. The van der Waals surface area contributed by atoms with Gasteiger partial charge in [0.1, 0.15) is 0 Å². The van der Waals surface area contributed by atoms with Crippen molar-refractivity contribution in [2.75, 3.05) is 6.54 Å². The fraction of sp³-hybridized carbons (Fsp3) is 0.526. The van der Waals surface area contributed by atoms with Gasteiger partial charge in [0.2, 0.25) is 5.91 Å². The zero-order chi connectivity index (χ0) is 18.0. The molecule has 2 N–H and O–H groups in total. The van der Waals surface area contributed by atoms with Crippen LogP contribution in [0.25, 0.3) is 0 Å².